The average Bonchev–Trinajstić information content (AvgIpc) is 2.69. The molecule has 28 heavy (non-hydrogen) atoms. The van der Waals surface area contributed by atoms with Gasteiger partial charge < -0.3 is 10.5 Å². The summed E-state index contributed by atoms with van der Waals surface area (Å²) in [6, 6.07) is 13.8. The van der Waals surface area contributed by atoms with Crippen LogP contribution in [0.15, 0.2) is 47.4 Å². The Bertz CT molecular complexity index is 711. The minimum Gasteiger partial charge on any atom is -0.494 e. The highest BCUT2D eigenvalue weighted by atomic mass is 35.5. The lowest BCUT2D eigenvalue weighted by atomic mass is 9.95. The lowest BCUT2D eigenvalue weighted by Crippen LogP contribution is -2.29. The van der Waals surface area contributed by atoms with Crippen LogP contribution in [0.3, 0.4) is 0 Å². The topological polar surface area (TPSA) is 35.2 Å². The van der Waals surface area contributed by atoms with Gasteiger partial charge in [-0.2, -0.15) is 0 Å². The van der Waals surface area contributed by atoms with Crippen LogP contribution in [0.5, 0.6) is 5.75 Å². The smallest absolute Gasteiger partial charge is 0.119 e. The van der Waals surface area contributed by atoms with Gasteiger partial charge in [0.25, 0.3) is 0 Å². The third kappa shape index (κ3) is 8.04. The highest BCUT2D eigenvalue weighted by Crippen LogP contribution is 2.31. The minimum atomic E-state index is 0.0189. The van der Waals surface area contributed by atoms with Crippen molar-refractivity contribution in [2.45, 2.75) is 49.5 Å². The van der Waals surface area contributed by atoms with E-state index in [-0.39, 0.29) is 12.0 Å². The monoisotopic (exact) mass is 459 g/mol. The maximum Gasteiger partial charge on any atom is 0.119 e. The number of unbranched alkanes of at least 4 members (excludes halogenated alkanes) is 3. The number of nitrogens with two attached hydrogens (primary N) is 1. The number of hydrogen-bond donors (Lipinski definition) is 1. The number of alkyl halides is 1. The van der Waals surface area contributed by atoms with Crippen molar-refractivity contribution < 1.29 is 4.74 Å². The van der Waals surface area contributed by atoms with Gasteiger partial charge in [-0.05, 0) is 54.7 Å². The van der Waals surface area contributed by atoms with Crippen LogP contribution >= 0.6 is 46.6 Å². The Kier molecular flexibility index (Phi) is 10.9. The van der Waals surface area contributed by atoms with Crippen LogP contribution in [0.2, 0.25) is 10.0 Å². The van der Waals surface area contributed by atoms with Gasteiger partial charge in [0.15, 0.2) is 0 Å². The molecule has 0 amide bonds. The molecule has 154 valence electrons. The molecule has 0 saturated heterocycles. The van der Waals surface area contributed by atoms with Crippen LogP contribution in [0.4, 0.5) is 0 Å². The van der Waals surface area contributed by atoms with Crippen LogP contribution in [-0.4, -0.2) is 24.3 Å². The largest absolute Gasteiger partial charge is 0.494 e. The molecule has 0 aromatic heterocycles. The van der Waals surface area contributed by atoms with E-state index in [1.54, 1.807) is 17.8 Å². The lowest BCUT2D eigenvalue weighted by Gasteiger charge is -2.20. The molecule has 2 N–H and O–H groups in total. The Hall–Kier alpha value is -0.580. The van der Waals surface area contributed by atoms with Crippen molar-refractivity contribution in [2.24, 2.45) is 5.73 Å². The fourth-order valence-corrected chi connectivity index (χ4v) is 4.56. The van der Waals surface area contributed by atoms with E-state index in [2.05, 4.69) is 19.1 Å². The van der Waals surface area contributed by atoms with Gasteiger partial charge in [-0.1, -0.05) is 55.1 Å². The van der Waals surface area contributed by atoms with Crippen LogP contribution < -0.4 is 10.5 Å². The van der Waals surface area contributed by atoms with E-state index in [0.29, 0.717) is 10.0 Å². The second-order valence-electron chi connectivity index (χ2n) is 6.86. The first kappa shape index (κ1) is 23.7. The number of ether oxygens (including phenoxy) is 1. The molecular formula is C22H28Cl3NOS. The Morgan fingerprint density at radius 1 is 1.00 bits per heavy atom. The van der Waals surface area contributed by atoms with Crippen LogP contribution in [0.1, 0.15) is 44.1 Å². The number of halogens is 3. The van der Waals surface area contributed by atoms with Gasteiger partial charge in [0, 0.05) is 27.6 Å². The van der Waals surface area contributed by atoms with E-state index in [4.69, 9.17) is 45.3 Å². The molecular weight excluding hydrogens is 433 g/mol. The van der Waals surface area contributed by atoms with Gasteiger partial charge in [0.1, 0.15) is 5.75 Å². The van der Waals surface area contributed by atoms with Crippen molar-refractivity contribution in [3.05, 3.63) is 58.1 Å². The molecule has 2 atom stereocenters. The Morgan fingerprint density at radius 3 is 2.39 bits per heavy atom. The van der Waals surface area contributed by atoms with Gasteiger partial charge in [-0.15, -0.1) is 23.4 Å². The molecule has 0 aliphatic heterocycles. The maximum absolute atomic E-state index is 6.42. The molecule has 2 aromatic carbocycles. The third-order valence-electron chi connectivity index (χ3n) is 4.67. The Morgan fingerprint density at radius 2 is 1.71 bits per heavy atom. The fourth-order valence-electron chi connectivity index (χ4n) is 2.78. The van der Waals surface area contributed by atoms with E-state index in [1.807, 2.05) is 24.3 Å². The summed E-state index contributed by atoms with van der Waals surface area (Å²) in [6.45, 7) is 2.90. The highest BCUT2D eigenvalue weighted by molar-refractivity contribution is 7.99. The van der Waals surface area contributed by atoms with Crippen LogP contribution in [-0.2, 0) is 0 Å². The van der Waals surface area contributed by atoms with E-state index >= 15 is 0 Å². The van der Waals surface area contributed by atoms with Gasteiger partial charge in [-0.25, -0.2) is 0 Å². The van der Waals surface area contributed by atoms with Gasteiger partial charge in [-0.3, -0.25) is 0 Å². The molecule has 6 heteroatoms. The van der Waals surface area contributed by atoms with Crippen molar-refractivity contribution in [1.29, 1.82) is 0 Å². The van der Waals surface area contributed by atoms with Crippen molar-refractivity contribution >= 4 is 46.6 Å². The zero-order valence-electron chi connectivity index (χ0n) is 16.2. The summed E-state index contributed by atoms with van der Waals surface area (Å²) in [4.78, 5) is 1.00. The zero-order chi connectivity index (χ0) is 20.4. The second kappa shape index (κ2) is 12.9. The number of hydrogen-bond acceptors (Lipinski definition) is 3. The standard InChI is InChI=1S/C22H28Cl3NOS/c1-16(21(26)15-28-22-11-8-18(24)14-20(22)25)17-6-9-19(10-7-17)27-13-5-3-2-4-12-23/h6-11,14,16,21H,2-5,12-13,15,26H2,1H3. The van der Waals surface area contributed by atoms with Crippen LogP contribution in [0, 0.1) is 0 Å². The highest BCUT2D eigenvalue weighted by Gasteiger charge is 2.16. The Labute approximate surface area is 188 Å². The summed E-state index contributed by atoms with van der Waals surface area (Å²) in [6.07, 6.45) is 4.47. The van der Waals surface area contributed by atoms with E-state index in [9.17, 15) is 0 Å². The molecule has 2 rings (SSSR count). The van der Waals surface area contributed by atoms with Crippen molar-refractivity contribution in [3.63, 3.8) is 0 Å². The van der Waals surface area contributed by atoms with Crippen molar-refractivity contribution in [1.82, 2.24) is 0 Å². The quantitative estimate of drug-likeness (QED) is 0.204. The lowest BCUT2D eigenvalue weighted by molar-refractivity contribution is 0.305. The first-order valence-corrected chi connectivity index (χ1v) is 11.9. The average molecular weight is 461 g/mol. The number of thioether (sulfide) groups is 1. The number of benzene rings is 2. The molecule has 2 unspecified atom stereocenters. The summed E-state index contributed by atoms with van der Waals surface area (Å²) in [5.41, 5.74) is 7.64. The first-order chi connectivity index (χ1) is 13.5. The van der Waals surface area contributed by atoms with Gasteiger partial charge in [0.05, 0.1) is 11.6 Å². The summed E-state index contributed by atoms with van der Waals surface area (Å²) < 4.78 is 5.82. The third-order valence-corrected chi connectivity index (χ3v) is 6.82. The minimum absolute atomic E-state index is 0.0189. The normalized spacial score (nSPS) is 13.3. The van der Waals surface area contributed by atoms with E-state index in [0.717, 1.165) is 48.1 Å². The van der Waals surface area contributed by atoms with Gasteiger partial charge in [0.2, 0.25) is 0 Å². The first-order valence-electron chi connectivity index (χ1n) is 9.63. The molecule has 2 nitrogen and oxygen atoms in total. The van der Waals surface area contributed by atoms with Gasteiger partial charge >= 0.3 is 0 Å². The van der Waals surface area contributed by atoms with E-state index < -0.39 is 0 Å². The second-order valence-corrected chi connectivity index (χ2v) is 9.14. The maximum atomic E-state index is 6.42. The molecule has 0 fully saturated rings. The summed E-state index contributed by atoms with van der Waals surface area (Å²) >= 11 is 19.5. The molecule has 0 spiro atoms. The molecule has 0 bridgehead atoms. The Balaban J connectivity index is 1.78. The van der Waals surface area contributed by atoms with Crippen molar-refractivity contribution in [2.75, 3.05) is 18.2 Å². The molecule has 0 aliphatic rings. The predicted molar refractivity (Wildman–Crippen MR) is 125 cm³/mol. The molecule has 0 aliphatic carbocycles. The summed E-state index contributed by atoms with van der Waals surface area (Å²) in [7, 11) is 0. The SMILES string of the molecule is CC(c1ccc(OCCCCCCCl)cc1)C(N)CSc1ccc(Cl)cc1Cl. The molecule has 0 saturated carbocycles. The van der Waals surface area contributed by atoms with Crippen LogP contribution in [0.25, 0.3) is 0 Å². The molecule has 0 heterocycles. The predicted octanol–water partition coefficient (Wildman–Crippen LogP) is 7.39. The zero-order valence-corrected chi connectivity index (χ0v) is 19.3. The number of rotatable bonds is 12. The fraction of sp³-hybridized carbons (Fsp3) is 0.455. The molecule has 0 radical (unpaired) electrons. The van der Waals surface area contributed by atoms with E-state index in [1.165, 1.54) is 12.0 Å². The summed E-state index contributed by atoms with van der Waals surface area (Å²) in [5.74, 6) is 2.67. The summed E-state index contributed by atoms with van der Waals surface area (Å²) in [5, 5.41) is 1.31. The molecule has 2 aromatic rings. The van der Waals surface area contributed by atoms with Crippen molar-refractivity contribution in [3.8, 4) is 5.75 Å².